The number of guanidine groups is 1. The third kappa shape index (κ3) is 6.30. The molecule has 0 aromatic rings. The summed E-state index contributed by atoms with van der Waals surface area (Å²) in [6, 6.07) is 1.24. The third-order valence-electron chi connectivity index (χ3n) is 4.70. The normalized spacial score (nSPS) is 23.0. The molecule has 24 heavy (non-hydrogen) atoms. The van der Waals surface area contributed by atoms with Crippen LogP contribution in [-0.2, 0) is 9.53 Å². The molecule has 6 heteroatoms. The van der Waals surface area contributed by atoms with E-state index in [1.165, 1.54) is 32.2 Å². The molecular formula is C18H34N4O2. The highest BCUT2D eigenvalue weighted by Gasteiger charge is 2.30. The number of ether oxygens (including phenoxy) is 1. The molecule has 0 amide bonds. The molecule has 138 valence electrons. The zero-order valence-corrected chi connectivity index (χ0v) is 15.5. The second-order valence-corrected chi connectivity index (χ2v) is 7.11. The van der Waals surface area contributed by atoms with Crippen molar-refractivity contribution in [1.82, 2.24) is 15.5 Å². The molecule has 1 aliphatic carbocycles. The number of carbonyl (C=O) groups is 1. The van der Waals surface area contributed by atoms with Crippen LogP contribution in [-0.4, -0.2) is 61.2 Å². The monoisotopic (exact) mass is 338 g/mol. The van der Waals surface area contributed by atoms with Gasteiger partial charge in [-0.2, -0.15) is 0 Å². The van der Waals surface area contributed by atoms with Crippen LogP contribution in [0, 0.1) is 0 Å². The predicted octanol–water partition coefficient (Wildman–Crippen LogP) is 1.90. The molecule has 0 spiro atoms. The zero-order valence-electron chi connectivity index (χ0n) is 15.5. The van der Waals surface area contributed by atoms with Gasteiger partial charge in [0.15, 0.2) is 5.96 Å². The minimum Gasteiger partial charge on any atom is -0.463 e. The smallest absolute Gasteiger partial charge is 0.307 e. The lowest BCUT2D eigenvalue weighted by Gasteiger charge is -2.24. The van der Waals surface area contributed by atoms with E-state index in [9.17, 15) is 4.79 Å². The van der Waals surface area contributed by atoms with Gasteiger partial charge in [0.25, 0.3) is 0 Å². The predicted molar refractivity (Wildman–Crippen MR) is 97.2 cm³/mol. The first-order chi connectivity index (χ1) is 11.6. The van der Waals surface area contributed by atoms with Crippen LogP contribution < -0.4 is 10.6 Å². The van der Waals surface area contributed by atoms with Gasteiger partial charge in [0.1, 0.15) is 0 Å². The molecule has 6 nitrogen and oxygen atoms in total. The summed E-state index contributed by atoms with van der Waals surface area (Å²) in [4.78, 5) is 18.7. The quantitative estimate of drug-likeness (QED) is 0.422. The first kappa shape index (κ1) is 19.0. The molecular weight excluding hydrogens is 304 g/mol. The molecule has 1 unspecified atom stereocenters. The van der Waals surface area contributed by atoms with Crippen molar-refractivity contribution in [3.8, 4) is 0 Å². The Balaban J connectivity index is 1.75. The molecule has 0 radical (unpaired) electrons. The summed E-state index contributed by atoms with van der Waals surface area (Å²) in [5.41, 5.74) is 0. The summed E-state index contributed by atoms with van der Waals surface area (Å²) in [6.07, 6.45) is 6.92. The molecule has 0 aromatic heterocycles. The Morgan fingerprint density at radius 3 is 2.71 bits per heavy atom. The maximum atomic E-state index is 11.6. The largest absolute Gasteiger partial charge is 0.463 e. The number of nitrogens with zero attached hydrogens (tertiary/aromatic N) is 2. The molecule has 1 atom stereocenters. The van der Waals surface area contributed by atoms with Crippen molar-refractivity contribution in [2.24, 2.45) is 4.99 Å². The van der Waals surface area contributed by atoms with E-state index >= 15 is 0 Å². The van der Waals surface area contributed by atoms with Crippen molar-refractivity contribution in [1.29, 1.82) is 0 Å². The molecule has 2 N–H and O–H groups in total. The second-order valence-electron chi connectivity index (χ2n) is 7.11. The van der Waals surface area contributed by atoms with Crippen LogP contribution in [0.15, 0.2) is 4.99 Å². The van der Waals surface area contributed by atoms with E-state index < -0.39 is 0 Å². The highest BCUT2D eigenvalue weighted by Crippen LogP contribution is 2.26. The molecule has 1 heterocycles. The average Bonchev–Trinajstić information content (AvgIpc) is 3.17. The number of likely N-dealkylation sites (tertiary alicyclic amines) is 1. The minimum atomic E-state index is -0.183. The van der Waals surface area contributed by atoms with Crippen molar-refractivity contribution >= 4 is 11.9 Å². The fourth-order valence-electron chi connectivity index (χ4n) is 3.60. The third-order valence-corrected chi connectivity index (χ3v) is 4.70. The summed E-state index contributed by atoms with van der Waals surface area (Å²) in [5, 5.41) is 6.81. The van der Waals surface area contributed by atoms with Gasteiger partial charge in [-0.3, -0.25) is 14.7 Å². The van der Waals surface area contributed by atoms with E-state index in [0.717, 1.165) is 31.5 Å². The van der Waals surface area contributed by atoms with Crippen molar-refractivity contribution < 1.29 is 9.53 Å². The van der Waals surface area contributed by atoms with E-state index in [1.54, 1.807) is 0 Å². The Bertz CT molecular complexity index is 419. The van der Waals surface area contributed by atoms with Crippen LogP contribution in [0.5, 0.6) is 0 Å². The number of rotatable bonds is 7. The Morgan fingerprint density at radius 1 is 1.29 bits per heavy atom. The van der Waals surface area contributed by atoms with Gasteiger partial charge in [-0.05, 0) is 40.0 Å². The van der Waals surface area contributed by atoms with Gasteiger partial charge in [0.2, 0.25) is 0 Å². The van der Waals surface area contributed by atoms with E-state index in [1.807, 2.05) is 13.8 Å². The van der Waals surface area contributed by atoms with Crippen molar-refractivity contribution in [3.63, 3.8) is 0 Å². The fraction of sp³-hybridized carbons (Fsp3) is 0.889. The van der Waals surface area contributed by atoms with Crippen molar-refractivity contribution in [2.75, 3.05) is 26.2 Å². The van der Waals surface area contributed by atoms with E-state index in [0.29, 0.717) is 19.0 Å². The van der Waals surface area contributed by atoms with Crippen LogP contribution in [0.25, 0.3) is 0 Å². The summed E-state index contributed by atoms with van der Waals surface area (Å²) in [5.74, 6) is 0.631. The van der Waals surface area contributed by atoms with Gasteiger partial charge >= 0.3 is 5.97 Å². The highest BCUT2D eigenvalue weighted by molar-refractivity contribution is 5.80. The lowest BCUT2D eigenvalue weighted by molar-refractivity contribution is -0.147. The molecule has 2 aliphatic rings. The SMILES string of the molecule is CCNC(=NCCC(=O)OC(C)C)NC1CCN(C2CCCC2)C1. The lowest BCUT2D eigenvalue weighted by atomic mass is 10.2. The second kappa shape index (κ2) is 9.87. The Kier molecular flexibility index (Phi) is 7.82. The van der Waals surface area contributed by atoms with Gasteiger partial charge in [0.05, 0.1) is 19.1 Å². The maximum Gasteiger partial charge on any atom is 0.307 e. The molecule has 0 aromatic carbocycles. The van der Waals surface area contributed by atoms with Crippen LogP contribution in [0.4, 0.5) is 0 Å². The van der Waals surface area contributed by atoms with Crippen LogP contribution in [0.2, 0.25) is 0 Å². The number of esters is 1. The zero-order chi connectivity index (χ0) is 17.4. The van der Waals surface area contributed by atoms with Gasteiger partial charge in [-0.15, -0.1) is 0 Å². The van der Waals surface area contributed by atoms with Crippen LogP contribution >= 0.6 is 0 Å². The first-order valence-corrected chi connectivity index (χ1v) is 9.57. The summed E-state index contributed by atoms with van der Waals surface area (Å²) in [6.45, 7) is 9.35. The molecule has 1 saturated heterocycles. The molecule has 0 bridgehead atoms. The maximum absolute atomic E-state index is 11.6. The standard InChI is InChI=1S/C18H34N4O2/c1-4-19-18(20-11-9-17(23)24-14(2)3)21-15-10-12-22(13-15)16-7-5-6-8-16/h14-16H,4-13H2,1-3H3,(H2,19,20,21). The Labute approximate surface area is 146 Å². The first-order valence-electron chi connectivity index (χ1n) is 9.57. The van der Waals surface area contributed by atoms with Gasteiger partial charge in [0, 0.05) is 31.7 Å². The highest BCUT2D eigenvalue weighted by atomic mass is 16.5. The van der Waals surface area contributed by atoms with Crippen LogP contribution in [0.3, 0.4) is 0 Å². The van der Waals surface area contributed by atoms with Crippen molar-refractivity contribution in [2.45, 2.75) is 77.5 Å². The van der Waals surface area contributed by atoms with E-state index in [2.05, 4.69) is 27.4 Å². The molecule has 1 aliphatic heterocycles. The number of aliphatic imine (C=N–C) groups is 1. The number of hydrogen-bond donors (Lipinski definition) is 2. The molecule has 1 saturated carbocycles. The van der Waals surface area contributed by atoms with Crippen LogP contribution in [0.1, 0.15) is 59.3 Å². The van der Waals surface area contributed by atoms with E-state index in [4.69, 9.17) is 4.74 Å². The fourth-order valence-corrected chi connectivity index (χ4v) is 3.60. The minimum absolute atomic E-state index is 0.0621. The summed E-state index contributed by atoms with van der Waals surface area (Å²) < 4.78 is 5.14. The molecule has 2 rings (SSSR count). The average molecular weight is 338 g/mol. The molecule has 2 fully saturated rings. The Hall–Kier alpha value is -1.30. The lowest BCUT2D eigenvalue weighted by Crippen LogP contribution is -2.45. The van der Waals surface area contributed by atoms with Gasteiger partial charge < -0.3 is 15.4 Å². The number of hydrogen-bond acceptors (Lipinski definition) is 4. The topological polar surface area (TPSA) is 66.0 Å². The summed E-state index contributed by atoms with van der Waals surface area (Å²) in [7, 11) is 0. The van der Waals surface area contributed by atoms with E-state index in [-0.39, 0.29) is 12.1 Å². The number of carbonyl (C=O) groups excluding carboxylic acids is 1. The summed E-state index contributed by atoms with van der Waals surface area (Å²) >= 11 is 0. The Morgan fingerprint density at radius 2 is 2.04 bits per heavy atom. The van der Waals surface area contributed by atoms with Gasteiger partial charge in [-0.1, -0.05) is 12.8 Å². The van der Waals surface area contributed by atoms with Gasteiger partial charge in [-0.25, -0.2) is 0 Å². The number of nitrogens with one attached hydrogen (secondary N) is 2. The van der Waals surface area contributed by atoms with Crippen molar-refractivity contribution in [3.05, 3.63) is 0 Å².